The molecule has 1 aromatic carbocycles. The number of imide groups is 1. The lowest BCUT2D eigenvalue weighted by molar-refractivity contribution is -0.136. The Hall–Kier alpha value is -1.88. The first kappa shape index (κ1) is 30.7. The second-order valence-corrected chi connectivity index (χ2v) is 12.1. The molecule has 1 aromatic rings. The second kappa shape index (κ2) is 16.3. The molecule has 214 valence electrons. The van der Waals surface area contributed by atoms with E-state index >= 15 is 0 Å². The fourth-order valence-corrected chi connectivity index (χ4v) is 6.64. The molecule has 1 saturated carbocycles. The zero-order valence-electron chi connectivity index (χ0n) is 24.7. The number of unbranched alkanes of at least 4 members (excludes halogenated alkanes) is 10. The Kier molecular flexibility index (Phi) is 13.1. The van der Waals surface area contributed by atoms with E-state index in [0.29, 0.717) is 12.6 Å². The molecule has 0 radical (unpaired) electrons. The molecule has 1 saturated heterocycles. The number of urea groups is 1. The van der Waals surface area contributed by atoms with Crippen LogP contribution in [-0.4, -0.2) is 41.5 Å². The van der Waals surface area contributed by atoms with Crippen LogP contribution in [0.15, 0.2) is 30.3 Å². The number of carbonyl (C=O) groups is 2. The maximum absolute atomic E-state index is 14.3. The third-order valence-electron chi connectivity index (χ3n) is 8.91. The smallest absolute Gasteiger partial charge is 0.319 e. The van der Waals surface area contributed by atoms with Crippen molar-refractivity contribution in [3.8, 4) is 0 Å². The Balaban J connectivity index is 1.71. The van der Waals surface area contributed by atoms with E-state index in [-0.39, 0.29) is 17.9 Å². The van der Waals surface area contributed by atoms with Crippen LogP contribution in [0.4, 0.5) is 4.79 Å². The number of hydrogen-bond acceptors (Lipinski definition) is 3. The van der Waals surface area contributed by atoms with E-state index in [1.165, 1.54) is 70.6 Å². The van der Waals surface area contributed by atoms with Crippen molar-refractivity contribution in [2.24, 2.45) is 11.8 Å². The second-order valence-electron chi connectivity index (χ2n) is 12.1. The van der Waals surface area contributed by atoms with Crippen LogP contribution in [0, 0.1) is 11.8 Å². The van der Waals surface area contributed by atoms with Crippen molar-refractivity contribution in [3.05, 3.63) is 35.9 Å². The summed E-state index contributed by atoms with van der Waals surface area (Å²) in [5.74, 6) is 0.675. The fourth-order valence-electron chi connectivity index (χ4n) is 6.64. The molecular weight excluding hydrogens is 470 g/mol. The molecule has 0 aromatic heterocycles. The zero-order valence-corrected chi connectivity index (χ0v) is 24.7. The first-order valence-corrected chi connectivity index (χ1v) is 15.9. The molecule has 5 heteroatoms. The summed E-state index contributed by atoms with van der Waals surface area (Å²) < 4.78 is 0. The summed E-state index contributed by atoms with van der Waals surface area (Å²) in [6.07, 6.45) is 19.3. The standard InChI is InChI=1S/C33H55N3O2/c1-4-6-8-10-12-17-24-35(25-18-13-11-9-7-5-2)27-36-31(37)33(34-32(36)38,29-21-15-14-16-22-29)30-23-19-20-28(3)26-30/h14-16,21-22,28,30H,4-13,17-20,23-27H2,1-3H3,(H,34,38). The largest absolute Gasteiger partial charge is 0.326 e. The maximum Gasteiger partial charge on any atom is 0.326 e. The van der Waals surface area contributed by atoms with Crippen molar-refractivity contribution in [1.29, 1.82) is 0 Å². The summed E-state index contributed by atoms with van der Waals surface area (Å²) in [6, 6.07) is 9.83. The third kappa shape index (κ3) is 8.31. The zero-order chi connectivity index (χ0) is 27.2. The molecule has 0 bridgehead atoms. The van der Waals surface area contributed by atoms with Crippen molar-refractivity contribution in [2.75, 3.05) is 19.8 Å². The average Bonchev–Trinajstić information content (AvgIpc) is 3.18. The lowest BCUT2D eigenvalue weighted by atomic mass is 9.68. The van der Waals surface area contributed by atoms with Gasteiger partial charge in [-0.2, -0.15) is 0 Å². The molecule has 3 unspecified atom stereocenters. The Morgan fingerprint density at radius 2 is 1.42 bits per heavy atom. The molecule has 3 amide bonds. The van der Waals surface area contributed by atoms with Gasteiger partial charge in [-0.1, -0.05) is 128 Å². The number of nitrogens with one attached hydrogen (secondary N) is 1. The summed E-state index contributed by atoms with van der Waals surface area (Å²) in [5.41, 5.74) is 0.0114. The Labute approximate surface area is 233 Å². The Morgan fingerprint density at radius 3 is 2.00 bits per heavy atom. The van der Waals surface area contributed by atoms with Gasteiger partial charge in [0.05, 0.1) is 6.67 Å². The van der Waals surface area contributed by atoms with Gasteiger partial charge in [-0.3, -0.25) is 9.69 Å². The number of rotatable bonds is 18. The van der Waals surface area contributed by atoms with Gasteiger partial charge in [-0.15, -0.1) is 0 Å². The molecule has 3 atom stereocenters. The third-order valence-corrected chi connectivity index (χ3v) is 8.91. The van der Waals surface area contributed by atoms with E-state index in [9.17, 15) is 9.59 Å². The van der Waals surface area contributed by atoms with Crippen LogP contribution in [0.3, 0.4) is 0 Å². The van der Waals surface area contributed by atoms with E-state index < -0.39 is 5.54 Å². The van der Waals surface area contributed by atoms with Crippen molar-refractivity contribution < 1.29 is 9.59 Å². The van der Waals surface area contributed by atoms with Gasteiger partial charge >= 0.3 is 6.03 Å². The predicted molar refractivity (Wildman–Crippen MR) is 158 cm³/mol. The summed E-state index contributed by atoms with van der Waals surface area (Å²) in [5, 5.41) is 3.27. The number of benzene rings is 1. The van der Waals surface area contributed by atoms with Gasteiger partial charge in [0, 0.05) is 0 Å². The highest BCUT2D eigenvalue weighted by Gasteiger charge is 2.57. The minimum atomic E-state index is -0.932. The van der Waals surface area contributed by atoms with E-state index in [1.54, 1.807) is 4.90 Å². The fraction of sp³-hybridized carbons (Fsp3) is 0.758. The van der Waals surface area contributed by atoms with Crippen molar-refractivity contribution in [3.63, 3.8) is 0 Å². The lowest BCUT2D eigenvalue weighted by Gasteiger charge is -2.40. The summed E-state index contributed by atoms with van der Waals surface area (Å²) >= 11 is 0. The van der Waals surface area contributed by atoms with E-state index in [4.69, 9.17) is 0 Å². The van der Waals surface area contributed by atoms with Crippen molar-refractivity contribution in [2.45, 2.75) is 129 Å². The van der Waals surface area contributed by atoms with Crippen LogP contribution >= 0.6 is 0 Å². The Bertz CT molecular complexity index is 813. The maximum atomic E-state index is 14.3. The molecule has 3 rings (SSSR count). The highest BCUT2D eigenvalue weighted by Crippen LogP contribution is 2.44. The number of carbonyl (C=O) groups excluding carboxylic acids is 2. The van der Waals surface area contributed by atoms with Gasteiger partial charge in [0.25, 0.3) is 5.91 Å². The van der Waals surface area contributed by atoms with E-state index in [1.807, 2.05) is 30.3 Å². The van der Waals surface area contributed by atoms with E-state index in [0.717, 1.165) is 50.8 Å². The topological polar surface area (TPSA) is 52.6 Å². The quantitative estimate of drug-likeness (QED) is 0.155. The number of amides is 3. The first-order chi connectivity index (χ1) is 18.5. The van der Waals surface area contributed by atoms with Crippen LogP contribution in [-0.2, 0) is 10.3 Å². The molecule has 1 N–H and O–H groups in total. The first-order valence-electron chi connectivity index (χ1n) is 15.9. The van der Waals surface area contributed by atoms with Crippen molar-refractivity contribution >= 4 is 11.9 Å². The monoisotopic (exact) mass is 525 g/mol. The van der Waals surface area contributed by atoms with Crippen LogP contribution in [0.5, 0.6) is 0 Å². The molecule has 38 heavy (non-hydrogen) atoms. The minimum Gasteiger partial charge on any atom is -0.319 e. The molecular formula is C33H55N3O2. The van der Waals surface area contributed by atoms with E-state index in [2.05, 4.69) is 31.0 Å². The van der Waals surface area contributed by atoms with Crippen LogP contribution in [0.1, 0.15) is 129 Å². The lowest BCUT2D eigenvalue weighted by Crippen LogP contribution is -2.52. The normalized spacial score (nSPS) is 23.8. The molecule has 5 nitrogen and oxygen atoms in total. The van der Waals surface area contributed by atoms with Gasteiger partial charge in [-0.05, 0) is 56.2 Å². The average molecular weight is 526 g/mol. The molecule has 1 aliphatic heterocycles. The molecule has 2 fully saturated rings. The van der Waals surface area contributed by atoms with Crippen LogP contribution in [0.25, 0.3) is 0 Å². The van der Waals surface area contributed by atoms with Crippen molar-refractivity contribution in [1.82, 2.24) is 15.1 Å². The van der Waals surface area contributed by atoms with Gasteiger partial charge in [0.15, 0.2) is 0 Å². The summed E-state index contributed by atoms with van der Waals surface area (Å²) in [7, 11) is 0. The van der Waals surface area contributed by atoms with Gasteiger partial charge in [0.2, 0.25) is 0 Å². The number of hydrogen-bond donors (Lipinski definition) is 1. The summed E-state index contributed by atoms with van der Waals surface area (Å²) in [6.45, 7) is 9.11. The summed E-state index contributed by atoms with van der Waals surface area (Å²) in [4.78, 5) is 31.7. The minimum absolute atomic E-state index is 0.0382. The molecule has 1 heterocycles. The van der Waals surface area contributed by atoms with Crippen LogP contribution in [0.2, 0.25) is 0 Å². The Morgan fingerprint density at radius 1 is 0.842 bits per heavy atom. The molecule has 1 aliphatic carbocycles. The number of nitrogens with zero attached hydrogens (tertiary/aromatic N) is 2. The predicted octanol–water partition coefficient (Wildman–Crippen LogP) is 8.24. The molecule has 2 aliphatic rings. The highest BCUT2D eigenvalue weighted by molar-refractivity contribution is 6.07. The van der Waals surface area contributed by atoms with Gasteiger partial charge in [0.1, 0.15) is 5.54 Å². The van der Waals surface area contributed by atoms with Crippen LogP contribution < -0.4 is 5.32 Å². The SMILES string of the molecule is CCCCCCCCN(CCCCCCCC)CN1C(=O)NC(c2ccccc2)(C2CCCC(C)C2)C1=O. The molecule has 0 spiro atoms. The van der Waals surface area contributed by atoms with Gasteiger partial charge in [-0.25, -0.2) is 9.69 Å². The highest BCUT2D eigenvalue weighted by atomic mass is 16.2. The van der Waals surface area contributed by atoms with Gasteiger partial charge < -0.3 is 5.32 Å².